The largest absolute Gasteiger partial charge is 0.494 e. The number of benzene rings is 1. The van der Waals surface area contributed by atoms with Crippen LogP contribution in [0.1, 0.15) is 25.3 Å². The fraction of sp³-hybridized carbons (Fsp3) is 0.308. The van der Waals surface area contributed by atoms with Gasteiger partial charge in [-0.1, -0.05) is 11.2 Å². The predicted octanol–water partition coefficient (Wildman–Crippen LogP) is 3.23. The molecule has 1 N–H and O–H groups in total. The highest BCUT2D eigenvalue weighted by molar-refractivity contribution is 6.00. The second-order valence-corrected chi connectivity index (χ2v) is 3.33. The Bertz CT molecular complexity index is 355. The summed E-state index contributed by atoms with van der Waals surface area (Å²) in [5.41, 5.74) is 1.58. The summed E-state index contributed by atoms with van der Waals surface area (Å²) < 4.78 is 5.34. The van der Waals surface area contributed by atoms with Gasteiger partial charge in [0, 0.05) is 0 Å². The molecule has 86 valence electrons. The number of oxime groups is 1. The Morgan fingerprint density at radius 2 is 2.12 bits per heavy atom. The summed E-state index contributed by atoms with van der Waals surface area (Å²) in [6.07, 6.45) is 3.29. The van der Waals surface area contributed by atoms with Crippen molar-refractivity contribution >= 4 is 5.71 Å². The van der Waals surface area contributed by atoms with Gasteiger partial charge in [0.25, 0.3) is 0 Å². The molecule has 0 aliphatic carbocycles. The van der Waals surface area contributed by atoms with Crippen LogP contribution in [0.4, 0.5) is 0 Å². The van der Waals surface area contributed by atoms with E-state index in [1.165, 1.54) is 0 Å². The van der Waals surface area contributed by atoms with Gasteiger partial charge in [0.15, 0.2) is 0 Å². The second-order valence-electron chi connectivity index (χ2n) is 3.33. The average molecular weight is 219 g/mol. The van der Waals surface area contributed by atoms with E-state index in [2.05, 4.69) is 11.7 Å². The van der Waals surface area contributed by atoms with Crippen LogP contribution in [0.5, 0.6) is 5.75 Å². The van der Waals surface area contributed by atoms with Gasteiger partial charge in [-0.05, 0) is 49.6 Å². The summed E-state index contributed by atoms with van der Waals surface area (Å²) in [6, 6.07) is 7.53. The van der Waals surface area contributed by atoms with E-state index in [9.17, 15) is 0 Å². The van der Waals surface area contributed by atoms with E-state index in [1.807, 2.05) is 31.2 Å². The Kier molecular flexibility index (Phi) is 5.12. The monoisotopic (exact) mass is 219 g/mol. The molecule has 1 rings (SSSR count). The molecule has 0 saturated heterocycles. The van der Waals surface area contributed by atoms with Gasteiger partial charge in [-0.3, -0.25) is 0 Å². The Morgan fingerprint density at radius 1 is 1.44 bits per heavy atom. The molecule has 3 nitrogen and oxygen atoms in total. The van der Waals surface area contributed by atoms with Gasteiger partial charge >= 0.3 is 0 Å². The van der Waals surface area contributed by atoms with Crippen LogP contribution < -0.4 is 4.74 Å². The van der Waals surface area contributed by atoms with Crippen molar-refractivity contribution in [1.29, 1.82) is 0 Å². The van der Waals surface area contributed by atoms with Gasteiger partial charge in [-0.25, -0.2) is 0 Å². The zero-order valence-electron chi connectivity index (χ0n) is 9.52. The molecule has 0 bridgehead atoms. The number of hydrogen-bond acceptors (Lipinski definition) is 3. The fourth-order valence-corrected chi connectivity index (χ4v) is 1.40. The van der Waals surface area contributed by atoms with Crippen molar-refractivity contribution in [3.05, 3.63) is 42.5 Å². The maximum atomic E-state index is 8.90. The molecule has 16 heavy (non-hydrogen) atoms. The number of ether oxygens (including phenoxy) is 1. The van der Waals surface area contributed by atoms with Crippen LogP contribution >= 0.6 is 0 Å². The Hall–Kier alpha value is -1.77. The normalized spacial score (nSPS) is 11.2. The Labute approximate surface area is 96.1 Å². The zero-order chi connectivity index (χ0) is 11.8. The van der Waals surface area contributed by atoms with Crippen LogP contribution in [-0.2, 0) is 0 Å². The van der Waals surface area contributed by atoms with E-state index < -0.39 is 0 Å². The number of rotatable bonds is 6. The van der Waals surface area contributed by atoms with E-state index in [0.29, 0.717) is 18.7 Å². The second kappa shape index (κ2) is 6.67. The van der Waals surface area contributed by atoms with Crippen molar-refractivity contribution in [2.75, 3.05) is 6.61 Å². The first-order chi connectivity index (χ1) is 7.81. The highest BCUT2D eigenvalue weighted by atomic mass is 16.5. The molecule has 3 heteroatoms. The molecule has 0 amide bonds. The third kappa shape index (κ3) is 3.42. The van der Waals surface area contributed by atoms with Crippen LogP contribution in [0, 0.1) is 0 Å². The van der Waals surface area contributed by atoms with Gasteiger partial charge in [0.05, 0.1) is 12.3 Å². The molecular weight excluding hydrogens is 202 g/mol. The van der Waals surface area contributed by atoms with Gasteiger partial charge in [-0.2, -0.15) is 0 Å². The van der Waals surface area contributed by atoms with Gasteiger partial charge in [0.2, 0.25) is 0 Å². The van der Waals surface area contributed by atoms with Crippen LogP contribution in [-0.4, -0.2) is 17.5 Å². The summed E-state index contributed by atoms with van der Waals surface area (Å²) in [7, 11) is 0. The Balaban J connectivity index is 2.74. The standard InChI is InChI=1S/C13H17NO2/c1-3-5-6-13(14-15)11-7-9-12(10-8-11)16-4-2/h3,7-10,15H,1,4-6H2,2H3/b14-13-. The summed E-state index contributed by atoms with van der Waals surface area (Å²) in [5, 5.41) is 12.2. The summed E-state index contributed by atoms with van der Waals surface area (Å²) in [6.45, 7) is 6.24. The lowest BCUT2D eigenvalue weighted by atomic mass is 10.1. The van der Waals surface area contributed by atoms with Crippen LogP contribution in [0.25, 0.3) is 0 Å². The van der Waals surface area contributed by atoms with Crippen molar-refractivity contribution in [1.82, 2.24) is 0 Å². The van der Waals surface area contributed by atoms with E-state index in [0.717, 1.165) is 17.7 Å². The lowest BCUT2D eigenvalue weighted by Gasteiger charge is -2.05. The predicted molar refractivity (Wildman–Crippen MR) is 65.4 cm³/mol. The molecule has 0 fully saturated rings. The van der Waals surface area contributed by atoms with Crippen LogP contribution in [0.3, 0.4) is 0 Å². The first-order valence-electron chi connectivity index (χ1n) is 5.36. The fourth-order valence-electron chi connectivity index (χ4n) is 1.40. The molecular formula is C13H17NO2. The third-order valence-electron chi connectivity index (χ3n) is 2.20. The molecule has 0 atom stereocenters. The van der Waals surface area contributed by atoms with Crippen LogP contribution in [0.2, 0.25) is 0 Å². The molecule has 0 unspecified atom stereocenters. The highest BCUT2D eigenvalue weighted by Crippen LogP contribution is 2.14. The molecule has 0 heterocycles. The van der Waals surface area contributed by atoms with Gasteiger partial charge in [0.1, 0.15) is 5.75 Å². The molecule has 1 aromatic carbocycles. The maximum Gasteiger partial charge on any atom is 0.119 e. The lowest BCUT2D eigenvalue weighted by molar-refractivity contribution is 0.318. The van der Waals surface area contributed by atoms with Crippen molar-refractivity contribution in [3.63, 3.8) is 0 Å². The molecule has 0 saturated carbocycles. The van der Waals surface area contributed by atoms with E-state index in [1.54, 1.807) is 6.08 Å². The van der Waals surface area contributed by atoms with Crippen molar-refractivity contribution in [3.8, 4) is 5.75 Å². The Morgan fingerprint density at radius 3 is 2.62 bits per heavy atom. The average Bonchev–Trinajstić information content (AvgIpc) is 2.32. The van der Waals surface area contributed by atoms with E-state index >= 15 is 0 Å². The van der Waals surface area contributed by atoms with Crippen LogP contribution in [0.15, 0.2) is 42.1 Å². The van der Waals surface area contributed by atoms with E-state index in [4.69, 9.17) is 9.94 Å². The van der Waals surface area contributed by atoms with Crippen molar-refractivity contribution in [2.24, 2.45) is 5.16 Å². The van der Waals surface area contributed by atoms with Crippen molar-refractivity contribution in [2.45, 2.75) is 19.8 Å². The minimum absolute atomic E-state index is 0.650. The summed E-state index contributed by atoms with van der Waals surface area (Å²) in [5.74, 6) is 0.826. The molecule has 0 spiro atoms. The summed E-state index contributed by atoms with van der Waals surface area (Å²) >= 11 is 0. The summed E-state index contributed by atoms with van der Waals surface area (Å²) in [4.78, 5) is 0. The first kappa shape index (κ1) is 12.3. The number of allylic oxidation sites excluding steroid dienone is 1. The van der Waals surface area contributed by atoms with Crippen molar-refractivity contribution < 1.29 is 9.94 Å². The quantitative estimate of drug-likeness (QED) is 0.345. The molecule has 1 aromatic rings. The zero-order valence-corrected chi connectivity index (χ0v) is 9.52. The van der Waals surface area contributed by atoms with E-state index in [-0.39, 0.29) is 0 Å². The lowest BCUT2D eigenvalue weighted by Crippen LogP contribution is -2.00. The third-order valence-corrected chi connectivity index (χ3v) is 2.20. The van der Waals surface area contributed by atoms with Gasteiger partial charge in [-0.15, -0.1) is 6.58 Å². The first-order valence-corrected chi connectivity index (χ1v) is 5.36. The highest BCUT2D eigenvalue weighted by Gasteiger charge is 2.03. The smallest absolute Gasteiger partial charge is 0.119 e. The minimum atomic E-state index is 0.650. The topological polar surface area (TPSA) is 41.8 Å². The number of hydrogen-bond donors (Lipinski definition) is 1. The molecule has 0 aromatic heterocycles. The van der Waals surface area contributed by atoms with Gasteiger partial charge < -0.3 is 9.94 Å². The molecule has 0 radical (unpaired) electrons. The SMILES string of the molecule is C=CCC/C(=N/O)c1ccc(OCC)cc1. The number of nitrogens with zero attached hydrogens (tertiary/aromatic N) is 1. The maximum absolute atomic E-state index is 8.90. The molecule has 0 aliphatic heterocycles. The molecule has 0 aliphatic rings. The minimum Gasteiger partial charge on any atom is -0.494 e.